The summed E-state index contributed by atoms with van der Waals surface area (Å²) in [6.07, 6.45) is 0. The summed E-state index contributed by atoms with van der Waals surface area (Å²) in [7, 11) is 1.13. The number of alkyl halides is 2. The third-order valence-electron chi connectivity index (χ3n) is 5.16. The number of hydrogen-bond acceptors (Lipinski definition) is 7. The van der Waals surface area contributed by atoms with Gasteiger partial charge in [0, 0.05) is 6.07 Å². The van der Waals surface area contributed by atoms with E-state index in [4.69, 9.17) is 4.74 Å². The van der Waals surface area contributed by atoms with E-state index in [1.54, 1.807) is 0 Å². The SMILES string of the molecule is COC(=O)C(C)N1C(=O)COc2cc(F)c(N3C(=O)c4ccc(OC(F)F)cc4C3=O)cc21. The van der Waals surface area contributed by atoms with Gasteiger partial charge in [-0.05, 0) is 31.2 Å². The van der Waals surface area contributed by atoms with Crippen LogP contribution >= 0.6 is 0 Å². The van der Waals surface area contributed by atoms with E-state index in [0.717, 1.165) is 42.3 Å². The zero-order valence-corrected chi connectivity index (χ0v) is 17.1. The number of amides is 3. The fourth-order valence-corrected chi connectivity index (χ4v) is 3.67. The number of esters is 1. The van der Waals surface area contributed by atoms with Crippen LogP contribution in [0.4, 0.5) is 24.5 Å². The number of benzene rings is 2. The molecule has 0 spiro atoms. The molecule has 1 unspecified atom stereocenters. The van der Waals surface area contributed by atoms with Crippen LogP contribution in [0.2, 0.25) is 0 Å². The minimum Gasteiger partial charge on any atom is -0.481 e. The van der Waals surface area contributed by atoms with Crippen LogP contribution in [0.1, 0.15) is 27.6 Å². The van der Waals surface area contributed by atoms with Crippen molar-refractivity contribution in [1.82, 2.24) is 0 Å². The molecule has 0 saturated carbocycles. The van der Waals surface area contributed by atoms with Crippen LogP contribution in [-0.4, -0.2) is 50.1 Å². The third kappa shape index (κ3) is 3.62. The summed E-state index contributed by atoms with van der Waals surface area (Å²) in [5.74, 6) is -4.74. The first-order chi connectivity index (χ1) is 15.6. The van der Waals surface area contributed by atoms with E-state index < -0.39 is 54.5 Å². The molecular weight excluding hydrogens is 449 g/mol. The van der Waals surface area contributed by atoms with Gasteiger partial charge in [0.15, 0.2) is 12.4 Å². The van der Waals surface area contributed by atoms with Crippen LogP contribution in [0.25, 0.3) is 0 Å². The number of halogens is 3. The van der Waals surface area contributed by atoms with Gasteiger partial charge in [-0.3, -0.25) is 19.3 Å². The molecule has 9 nitrogen and oxygen atoms in total. The molecule has 0 saturated heterocycles. The molecule has 2 aromatic rings. The highest BCUT2D eigenvalue weighted by Crippen LogP contribution is 2.41. The normalized spacial score (nSPS) is 15.9. The average molecular weight is 464 g/mol. The molecule has 2 heterocycles. The summed E-state index contributed by atoms with van der Waals surface area (Å²) in [4.78, 5) is 51.8. The van der Waals surface area contributed by atoms with Crippen molar-refractivity contribution >= 4 is 35.1 Å². The topological polar surface area (TPSA) is 102 Å². The lowest BCUT2D eigenvalue weighted by atomic mass is 10.1. The number of ether oxygens (including phenoxy) is 3. The van der Waals surface area contributed by atoms with Gasteiger partial charge < -0.3 is 14.2 Å². The Morgan fingerprint density at radius 2 is 1.76 bits per heavy atom. The summed E-state index contributed by atoms with van der Waals surface area (Å²) >= 11 is 0. The van der Waals surface area contributed by atoms with E-state index >= 15 is 0 Å². The smallest absolute Gasteiger partial charge is 0.387 e. The Labute approximate surface area is 184 Å². The predicted molar refractivity (Wildman–Crippen MR) is 105 cm³/mol. The molecule has 2 aliphatic rings. The van der Waals surface area contributed by atoms with Gasteiger partial charge in [0.25, 0.3) is 17.7 Å². The first-order valence-electron chi connectivity index (χ1n) is 9.48. The van der Waals surface area contributed by atoms with E-state index in [0.29, 0.717) is 4.90 Å². The molecule has 0 aliphatic carbocycles. The Kier molecular flexibility index (Phi) is 5.44. The number of imide groups is 1. The second-order valence-corrected chi connectivity index (χ2v) is 7.05. The van der Waals surface area contributed by atoms with Gasteiger partial charge in [0.1, 0.15) is 17.5 Å². The summed E-state index contributed by atoms with van der Waals surface area (Å²) in [5.41, 5.74) is -0.983. The number of methoxy groups -OCH3 is 1. The van der Waals surface area contributed by atoms with Crippen molar-refractivity contribution in [3.8, 4) is 11.5 Å². The van der Waals surface area contributed by atoms with Crippen molar-refractivity contribution in [2.24, 2.45) is 0 Å². The maximum absolute atomic E-state index is 15.0. The van der Waals surface area contributed by atoms with Crippen LogP contribution in [0.5, 0.6) is 11.5 Å². The van der Waals surface area contributed by atoms with E-state index in [1.165, 1.54) is 6.92 Å². The van der Waals surface area contributed by atoms with Gasteiger partial charge in [0.05, 0.1) is 29.6 Å². The fourth-order valence-electron chi connectivity index (χ4n) is 3.67. The number of fused-ring (bicyclic) bond motifs is 2. The van der Waals surface area contributed by atoms with Gasteiger partial charge in [-0.1, -0.05) is 0 Å². The van der Waals surface area contributed by atoms with Crippen molar-refractivity contribution in [3.05, 3.63) is 47.3 Å². The number of anilines is 2. The molecular formula is C21H15F3N2O7. The zero-order valence-electron chi connectivity index (χ0n) is 17.1. The summed E-state index contributed by atoms with van der Waals surface area (Å²) < 4.78 is 54.1. The van der Waals surface area contributed by atoms with E-state index in [2.05, 4.69) is 9.47 Å². The van der Waals surface area contributed by atoms with E-state index in [-0.39, 0.29) is 28.3 Å². The monoisotopic (exact) mass is 464 g/mol. The molecule has 2 aliphatic heterocycles. The lowest BCUT2D eigenvalue weighted by molar-refractivity contribution is -0.143. The van der Waals surface area contributed by atoms with Crippen LogP contribution < -0.4 is 19.3 Å². The van der Waals surface area contributed by atoms with Crippen LogP contribution in [-0.2, 0) is 14.3 Å². The highest BCUT2D eigenvalue weighted by molar-refractivity contribution is 6.34. The van der Waals surface area contributed by atoms with Crippen molar-refractivity contribution < 1.29 is 46.6 Å². The van der Waals surface area contributed by atoms with Crippen molar-refractivity contribution in [1.29, 1.82) is 0 Å². The molecule has 0 bridgehead atoms. The second-order valence-electron chi connectivity index (χ2n) is 7.05. The van der Waals surface area contributed by atoms with Crippen molar-refractivity contribution in [3.63, 3.8) is 0 Å². The first-order valence-corrected chi connectivity index (χ1v) is 9.48. The zero-order chi connectivity index (χ0) is 24.0. The van der Waals surface area contributed by atoms with Crippen LogP contribution in [0.15, 0.2) is 30.3 Å². The third-order valence-corrected chi connectivity index (χ3v) is 5.16. The van der Waals surface area contributed by atoms with Crippen LogP contribution in [0, 0.1) is 5.82 Å². The van der Waals surface area contributed by atoms with Gasteiger partial charge in [0.2, 0.25) is 0 Å². The van der Waals surface area contributed by atoms with Gasteiger partial charge in [-0.25, -0.2) is 14.1 Å². The number of carbonyl (C=O) groups excluding carboxylic acids is 4. The Bertz CT molecular complexity index is 1200. The molecule has 172 valence electrons. The first kappa shape index (κ1) is 22.1. The molecule has 1 atom stereocenters. The molecule has 0 N–H and O–H groups in total. The maximum Gasteiger partial charge on any atom is 0.387 e. The number of rotatable bonds is 5. The van der Waals surface area contributed by atoms with Gasteiger partial charge in [-0.15, -0.1) is 0 Å². The highest BCUT2D eigenvalue weighted by atomic mass is 19.3. The van der Waals surface area contributed by atoms with E-state index in [1.807, 2.05) is 0 Å². The Hall–Kier alpha value is -4.09. The summed E-state index contributed by atoms with van der Waals surface area (Å²) in [5, 5.41) is 0. The predicted octanol–water partition coefficient (Wildman–Crippen LogP) is 2.51. The molecule has 0 radical (unpaired) electrons. The van der Waals surface area contributed by atoms with E-state index in [9.17, 15) is 32.3 Å². The maximum atomic E-state index is 15.0. The standard InChI is InChI=1S/C21H15F3N2O7/c1-9(20(30)31-2)25-15-7-14(13(22)6-16(15)32-8-17(25)27)26-18(28)11-4-3-10(33-21(23)24)5-12(11)19(26)29/h3-7,9,21H,8H2,1-2H3. The summed E-state index contributed by atoms with van der Waals surface area (Å²) in [6, 6.07) is 3.94. The molecule has 0 aromatic heterocycles. The van der Waals surface area contributed by atoms with Gasteiger partial charge >= 0.3 is 12.6 Å². The molecule has 4 rings (SSSR count). The lowest BCUT2D eigenvalue weighted by Gasteiger charge is -2.33. The Morgan fingerprint density at radius 3 is 2.42 bits per heavy atom. The Morgan fingerprint density at radius 1 is 1.06 bits per heavy atom. The minimum atomic E-state index is -3.15. The largest absolute Gasteiger partial charge is 0.481 e. The Balaban J connectivity index is 1.78. The minimum absolute atomic E-state index is 0.0566. The van der Waals surface area contributed by atoms with Gasteiger partial charge in [-0.2, -0.15) is 8.78 Å². The molecule has 3 amide bonds. The average Bonchev–Trinajstić information content (AvgIpc) is 3.01. The molecule has 33 heavy (non-hydrogen) atoms. The molecule has 12 heteroatoms. The number of carbonyl (C=O) groups is 4. The molecule has 2 aromatic carbocycles. The molecule has 0 fully saturated rings. The number of hydrogen-bond donors (Lipinski definition) is 0. The fraction of sp³-hybridized carbons (Fsp3) is 0.238. The van der Waals surface area contributed by atoms with Crippen molar-refractivity contribution in [2.75, 3.05) is 23.5 Å². The second kappa shape index (κ2) is 8.11. The quantitative estimate of drug-likeness (QED) is 0.495. The van der Waals surface area contributed by atoms with Crippen LogP contribution in [0.3, 0.4) is 0 Å². The number of nitrogens with zero attached hydrogens (tertiary/aromatic N) is 2. The summed E-state index contributed by atoms with van der Waals surface area (Å²) in [6.45, 7) is -2.23. The highest BCUT2D eigenvalue weighted by Gasteiger charge is 2.41. The lowest BCUT2D eigenvalue weighted by Crippen LogP contribution is -2.48. The van der Waals surface area contributed by atoms with Crippen molar-refractivity contribution in [2.45, 2.75) is 19.6 Å².